The van der Waals surface area contributed by atoms with Gasteiger partial charge >= 0.3 is 6.09 Å². The molecule has 0 spiro atoms. The van der Waals surface area contributed by atoms with Gasteiger partial charge in [0, 0.05) is 13.1 Å². The van der Waals surface area contributed by atoms with Crippen molar-refractivity contribution in [2.75, 3.05) is 11.9 Å². The summed E-state index contributed by atoms with van der Waals surface area (Å²) in [5, 5.41) is 22.8. The molecular formula is C28H28N4O3. The van der Waals surface area contributed by atoms with E-state index in [9.17, 15) is 20.0 Å². The Morgan fingerprint density at radius 1 is 1.06 bits per heavy atom. The SMILES string of the molecule is CC1CN(Cc2ccc(C#N)c(NC(c3ccccc3)c3ccccc3)c2)C(=O)C(C)N1C(=O)O. The van der Waals surface area contributed by atoms with Crippen molar-refractivity contribution >= 4 is 17.7 Å². The highest BCUT2D eigenvalue weighted by Crippen LogP contribution is 2.29. The third kappa shape index (κ3) is 5.12. The van der Waals surface area contributed by atoms with E-state index in [0.717, 1.165) is 16.7 Å². The van der Waals surface area contributed by atoms with E-state index in [-0.39, 0.29) is 18.0 Å². The van der Waals surface area contributed by atoms with Crippen molar-refractivity contribution in [2.24, 2.45) is 0 Å². The maximum absolute atomic E-state index is 12.9. The summed E-state index contributed by atoms with van der Waals surface area (Å²) < 4.78 is 0. The highest BCUT2D eigenvalue weighted by atomic mass is 16.4. The van der Waals surface area contributed by atoms with Gasteiger partial charge in [-0.3, -0.25) is 9.69 Å². The molecule has 4 rings (SSSR count). The number of carboxylic acid groups (broad SMARTS) is 1. The van der Waals surface area contributed by atoms with Crippen molar-refractivity contribution in [2.45, 2.75) is 38.5 Å². The van der Waals surface area contributed by atoms with Gasteiger partial charge in [0.15, 0.2) is 0 Å². The second-order valence-corrected chi connectivity index (χ2v) is 8.82. The van der Waals surface area contributed by atoms with Crippen LogP contribution in [-0.2, 0) is 11.3 Å². The number of nitrogens with zero attached hydrogens (tertiary/aromatic N) is 3. The topological polar surface area (TPSA) is 96.7 Å². The lowest BCUT2D eigenvalue weighted by Gasteiger charge is -2.42. The molecule has 7 nitrogen and oxygen atoms in total. The number of amides is 2. The Balaban J connectivity index is 1.62. The molecule has 0 aromatic heterocycles. The number of piperazine rings is 1. The Hall–Kier alpha value is -4.31. The van der Waals surface area contributed by atoms with Gasteiger partial charge in [-0.1, -0.05) is 66.7 Å². The first-order valence-electron chi connectivity index (χ1n) is 11.6. The second kappa shape index (κ2) is 10.3. The Morgan fingerprint density at radius 3 is 2.20 bits per heavy atom. The van der Waals surface area contributed by atoms with Gasteiger partial charge in [-0.05, 0) is 42.7 Å². The third-order valence-electron chi connectivity index (χ3n) is 6.41. The predicted molar refractivity (Wildman–Crippen MR) is 134 cm³/mol. The van der Waals surface area contributed by atoms with E-state index in [1.54, 1.807) is 24.8 Å². The summed E-state index contributed by atoms with van der Waals surface area (Å²) in [5.74, 6) is -0.226. The van der Waals surface area contributed by atoms with Crippen molar-refractivity contribution < 1.29 is 14.7 Å². The van der Waals surface area contributed by atoms with Crippen molar-refractivity contribution in [3.8, 4) is 6.07 Å². The zero-order valence-electron chi connectivity index (χ0n) is 19.8. The molecule has 7 heteroatoms. The Labute approximate surface area is 205 Å². The molecule has 0 bridgehead atoms. The highest BCUT2D eigenvalue weighted by molar-refractivity contribution is 5.86. The van der Waals surface area contributed by atoms with E-state index in [1.807, 2.05) is 72.8 Å². The van der Waals surface area contributed by atoms with Crippen molar-refractivity contribution in [3.63, 3.8) is 0 Å². The van der Waals surface area contributed by atoms with Crippen LogP contribution in [0.25, 0.3) is 0 Å². The van der Waals surface area contributed by atoms with E-state index in [2.05, 4.69) is 11.4 Å². The fourth-order valence-electron chi connectivity index (χ4n) is 4.69. The lowest BCUT2D eigenvalue weighted by atomic mass is 9.97. The van der Waals surface area contributed by atoms with Crippen LogP contribution in [0.5, 0.6) is 0 Å². The minimum absolute atomic E-state index is 0.166. The van der Waals surface area contributed by atoms with Crippen LogP contribution < -0.4 is 5.32 Å². The maximum atomic E-state index is 12.9. The van der Waals surface area contributed by atoms with E-state index < -0.39 is 12.1 Å². The standard InChI is InChI=1S/C28H28N4O3/c1-19-17-31(27(33)20(2)32(19)28(34)35)18-21-13-14-24(16-29)25(15-21)30-26(22-9-5-3-6-10-22)23-11-7-4-8-12-23/h3-15,19-20,26,30H,17-18H2,1-2H3,(H,34,35). The molecule has 0 saturated carbocycles. The number of hydrogen-bond acceptors (Lipinski definition) is 4. The van der Waals surface area contributed by atoms with Gasteiger partial charge in [0.05, 0.1) is 23.3 Å². The number of hydrogen-bond donors (Lipinski definition) is 2. The summed E-state index contributed by atoms with van der Waals surface area (Å²) in [5.41, 5.74) is 4.18. The van der Waals surface area contributed by atoms with Crippen LogP contribution in [0.1, 0.15) is 42.1 Å². The largest absolute Gasteiger partial charge is 0.465 e. The Kier molecular flexibility index (Phi) is 7.02. The molecule has 3 aromatic carbocycles. The molecule has 3 aromatic rings. The molecule has 35 heavy (non-hydrogen) atoms. The van der Waals surface area contributed by atoms with Gasteiger partial charge in [0.1, 0.15) is 12.1 Å². The molecule has 0 aliphatic carbocycles. The van der Waals surface area contributed by atoms with Gasteiger partial charge in [0.25, 0.3) is 0 Å². The number of nitrogens with one attached hydrogen (secondary N) is 1. The summed E-state index contributed by atoms with van der Waals surface area (Å²) in [7, 11) is 0. The molecule has 2 N–H and O–H groups in total. The fraction of sp³-hybridized carbons (Fsp3) is 0.250. The Bertz CT molecular complexity index is 1200. The van der Waals surface area contributed by atoms with Crippen LogP contribution in [0.4, 0.5) is 10.5 Å². The highest BCUT2D eigenvalue weighted by Gasteiger charge is 2.38. The summed E-state index contributed by atoms with van der Waals surface area (Å²) in [4.78, 5) is 27.3. The first-order valence-corrected chi connectivity index (χ1v) is 11.6. The van der Waals surface area contributed by atoms with Crippen molar-refractivity contribution in [1.29, 1.82) is 5.26 Å². The molecule has 1 heterocycles. The molecule has 0 radical (unpaired) electrons. The number of anilines is 1. The lowest BCUT2D eigenvalue weighted by molar-refractivity contribution is -0.143. The zero-order valence-corrected chi connectivity index (χ0v) is 19.8. The van der Waals surface area contributed by atoms with E-state index in [0.29, 0.717) is 24.3 Å². The van der Waals surface area contributed by atoms with Gasteiger partial charge in [-0.15, -0.1) is 0 Å². The van der Waals surface area contributed by atoms with Crippen LogP contribution in [0.2, 0.25) is 0 Å². The van der Waals surface area contributed by atoms with Crippen LogP contribution in [-0.4, -0.2) is 45.5 Å². The zero-order chi connectivity index (χ0) is 24.9. The quantitative estimate of drug-likeness (QED) is 0.539. The van der Waals surface area contributed by atoms with E-state index in [4.69, 9.17) is 0 Å². The molecule has 1 saturated heterocycles. The van der Waals surface area contributed by atoms with Crippen LogP contribution >= 0.6 is 0 Å². The molecule has 1 fully saturated rings. The van der Waals surface area contributed by atoms with Gasteiger partial charge in [-0.25, -0.2) is 4.79 Å². The molecule has 1 aliphatic rings. The first-order chi connectivity index (χ1) is 16.9. The van der Waals surface area contributed by atoms with Crippen LogP contribution in [0, 0.1) is 11.3 Å². The van der Waals surface area contributed by atoms with E-state index >= 15 is 0 Å². The average Bonchev–Trinajstić information content (AvgIpc) is 2.86. The molecule has 178 valence electrons. The number of rotatable bonds is 6. The molecule has 2 amide bonds. The number of carbonyl (C=O) groups excluding carboxylic acids is 1. The first kappa shape index (κ1) is 23.8. The van der Waals surface area contributed by atoms with Crippen LogP contribution in [0.3, 0.4) is 0 Å². The number of nitriles is 1. The van der Waals surface area contributed by atoms with E-state index in [1.165, 1.54) is 4.90 Å². The average molecular weight is 469 g/mol. The molecule has 1 aliphatic heterocycles. The number of carbonyl (C=O) groups is 2. The normalized spacial score (nSPS) is 17.8. The third-order valence-corrected chi connectivity index (χ3v) is 6.41. The minimum atomic E-state index is -1.09. The predicted octanol–water partition coefficient (Wildman–Crippen LogP) is 4.86. The van der Waals surface area contributed by atoms with Crippen LogP contribution in [0.15, 0.2) is 78.9 Å². The summed E-state index contributed by atoms with van der Waals surface area (Å²) in [6, 6.07) is 26.6. The molecule has 2 atom stereocenters. The second-order valence-electron chi connectivity index (χ2n) is 8.82. The van der Waals surface area contributed by atoms with Crippen molar-refractivity contribution in [1.82, 2.24) is 9.80 Å². The van der Waals surface area contributed by atoms with Gasteiger partial charge in [0.2, 0.25) is 5.91 Å². The number of benzene rings is 3. The molecule has 2 unspecified atom stereocenters. The summed E-state index contributed by atoms with van der Waals surface area (Å²) >= 11 is 0. The van der Waals surface area contributed by atoms with Crippen molar-refractivity contribution in [3.05, 3.63) is 101 Å². The smallest absolute Gasteiger partial charge is 0.408 e. The Morgan fingerprint density at radius 2 is 1.66 bits per heavy atom. The lowest BCUT2D eigenvalue weighted by Crippen LogP contribution is -2.61. The maximum Gasteiger partial charge on any atom is 0.408 e. The fourth-order valence-corrected chi connectivity index (χ4v) is 4.69. The van der Waals surface area contributed by atoms with Gasteiger partial charge in [-0.2, -0.15) is 5.26 Å². The monoisotopic (exact) mass is 468 g/mol. The minimum Gasteiger partial charge on any atom is -0.465 e. The van der Waals surface area contributed by atoms with Gasteiger partial charge < -0.3 is 15.3 Å². The summed E-state index contributed by atoms with van der Waals surface area (Å²) in [6.07, 6.45) is -1.09. The summed E-state index contributed by atoms with van der Waals surface area (Å²) in [6.45, 7) is 4.08. The molecular weight excluding hydrogens is 440 g/mol.